The molecule has 2 rings (SSSR count). The highest BCUT2D eigenvalue weighted by atomic mass is 32.2. The first-order chi connectivity index (χ1) is 9.94. The van der Waals surface area contributed by atoms with Crippen LogP contribution in [0.15, 0.2) is 22.7 Å². The van der Waals surface area contributed by atoms with Crippen LogP contribution in [-0.2, 0) is 21.3 Å². The standard InChI is InChI=1S/C12H18N4O3S2/c1-9-4-5-11(20-9)21(17,18)15-10(2)12-14-13-8-16(12)6-7-19-3/h4-5,8,10,15H,6-7H2,1-3H3/t10-/m0/s1. The van der Waals surface area contributed by atoms with Crippen molar-refractivity contribution in [3.05, 3.63) is 29.2 Å². The zero-order chi connectivity index (χ0) is 15.5. The molecule has 116 valence electrons. The summed E-state index contributed by atoms with van der Waals surface area (Å²) >= 11 is 1.24. The first-order valence-electron chi connectivity index (χ1n) is 6.39. The number of ether oxygens (including phenoxy) is 1. The molecule has 7 nitrogen and oxygen atoms in total. The van der Waals surface area contributed by atoms with Crippen LogP contribution in [-0.4, -0.2) is 36.9 Å². The van der Waals surface area contributed by atoms with Gasteiger partial charge in [0.25, 0.3) is 10.0 Å². The molecule has 0 saturated carbocycles. The van der Waals surface area contributed by atoms with Crippen molar-refractivity contribution in [3.8, 4) is 0 Å². The third-order valence-corrected chi connectivity index (χ3v) is 5.91. The quantitative estimate of drug-likeness (QED) is 0.828. The number of hydrogen-bond donors (Lipinski definition) is 1. The van der Waals surface area contributed by atoms with Gasteiger partial charge in [0.2, 0.25) is 0 Å². The van der Waals surface area contributed by atoms with Gasteiger partial charge in [-0.25, -0.2) is 13.1 Å². The van der Waals surface area contributed by atoms with E-state index in [4.69, 9.17) is 4.74 Å². The van der Waals surface area contributed by atoms with Gasteiger partial charge in [-0.05, 0) is 26.0 Å². The van der Waals surface area contributed by atoms with Gasteiger partial charge in [-0.15, -0.1) is 21.5 Å². The Morgan fingerprint density at radius 2 is 2.24 bits per heavy atom. The first kappa shape index (κ1) is 16.1. The van der Waals surface area contributed by atoms with E-state index in [2.05, 4.69) is 14.9 Å². The molecule has 1 atom stereocenters. The van der Waals surface area contributed by atoms with Gasteiger partial charge in [0.15, 0.2) is 5.82 Å². The summed E-state index contributed by atoms with van der Waals surface area (Å²) in [5, 5.41) is 7.81. The molecule has 21 heavy (non-hydrogen) atoms. The summed E-state index contributed by atoms with van der Waals surface area (Å²) in [6, 6.07) is 2.91. The minimum absolute atomic E-state index is 0.301. The second kappa shape index (κ2) is 6.65. The van der Waals surface area contributed by atoms with Crippen LogP contribution in [0.4, 0.5) is 0 Å². The molecular formula is C12H18N4O3S2. The molecule has 1 N–H and O–H groups in total. The summed E-state index contributed by atoms with van der Waals surface area (Å²) in [6.07, 6.45) is 1.56. The lowest BCUT2D eigenvalue weighted by molar-refractivity contribution is 0.185. The minimum atomic E-state index is -3.55. The van der Waals surface area contributed by atoms with Gasteiger partial charge < -0.3 is 9.30 Å². The number of methoxy groups -OCH3 is 1. The van der Waals surface area contributed by atoms with Crippen molar-refractivity contribution < 1.29 is 13.2 Å². The van der Waals surface area contributed by atoms with E-state index < -0.39 is 16.1 Å². The Bertz CT molecular complexity index is 693. The summed E-state index contributed by atoms with van der Waals surface area (Å²) in [5.41, 5.74) is 0. The third-order valence-electron chi connectivity index (χ3n) is 2.88. The lowest BCUT2D eigenvalue weighted by atomic mass is 10.3. The van der Waals surface area contributed by atoms with Gasteiger partial charge in [0.05, 0.1) is 12.6 Å². The van der Waals surface area contributed by atoms with Gasteiger partial charge in [0.1, 0.15) is 10.5 Å². The maximum atomic E-state index is 12.3. The summed E-state index contributed by atoms with van der Waals surface area (Å²) in [7, 11) is -1.94. The average Bonchev–Trinajstić information content (AvgIpc) is 3.04. The molecule has 2 aromatic rings. The fourth-order valence-electron chi connectivity index (χ4n) is 1.86. The highest BCUT2D eigenvalue weighted by Crippen LogP contribution is 2.22. The molecule has 0 aliphatic carbocycles. The summed E-state index contributed by atoms with van der Waals surface area (Å²) in [6.45, 7) is 4.69. The molecule has 9 heteroatoms. The Morgan fingerprint density at radius 3 is 2.86 bits per heavy atom. The molecule has 0 saturated heterocycles. The van der Waals surface area contributed by atoms with E-state index in [9.17, 15) is 8.42 Å². The van der Waals surface area contributed by atoms with Gasteiger partial charge in [-0.2, -0.15) is 0 Å². The highest BCUT2D eigenvalue weighted by Gasteiger charge is 2.22. The smallest absolute Gasteiger partial charge is 0.250 e. The topological polar surface area (TPSA) is 86.1 Å². The van der Waals surface area contributed by atoms with Crippen molar-refractivity contribution in [2.75, 3.05) is 13.7 Å². The van der Waals surface area contributed by atoms with Crippen LogP contribution >= 0.6 is 11.3 Å². The van der Waals surface area contributed by atoms with Crippen LogP contribution in [0.5, 0.6) is 0 Å². The molecule has 0 bridgehead atoms. The van der Waals surface area contributed by atoms with E-state index >= 15 is 0 Å². The molecule has 0 aliphatic rings. The van der Waals surface area contributed by atoms with Crippen LogP contribution in [0, 0.1) is 6.92 Å². The van der Waals surface area contributed by atoms with Crippen LogP contribution in [0.3, 0.4) is 0 Å². The number of aryl methyl sites for hydroxylation is 1. The second-order valence-corrected chi connectivity index (χ2v) is 7.81. The monoisotopic (exact) mass is 330 g/mol. The molecule has 2 heterocycles. The lowest BCUT2D eigenvalue weighted by Crippen LogP contribution is -2.28. The predicted molar refractivity (Wildman–Crippen MR) is 79.7 cm³/mol. The molecule has 0 fully saturated rings. The average molecular weight is 330 g/mol. The van der Waals surface area contributed by atoms with Crippen molar-refractivity contribution in [2.45, 2.75) is 30.6 Å². The number of thiophene rings is 1. The second-order valence-electron chi connectivity index (χ2n) is 4.58. The van der Waals surface area contributed by atoms with Crippen molar-refractivity contribution in [1.29, 1.82) is 0 Å². The fraction of sp³-hybridized carbons (Fsp3) is 0.500. The summed E-state index contributed by atoms with van der Waals surface area (Å²) < 4.78 is 34.3. The van der Waals surface area contributed by atoms with Gasteiger partial charge in [0, 0.05) is 18.5 Å². The maximum Gasteiger partial charge on any atom is 0.250 e. The number of rotatable bonds is 7. The van der Waals surface area contributed by atoms with E-state index in [1.54, 1.807) is 37.1 Å². The predicted octanol–water partition coefficient (Wildman–Crippen LogP) is 1.33. The van der Waals surface area contributed by atoms with Gasteiger partial charge in [-0.1, -0.05) is 0 Å². The molecule has 0 aromatic carbocycles. The van der Waals surface area contributed by atoms with Gasteiger partial charge >= 0.3 is 0 Å². The summed E-state index contributed by atoms with van der Waals surface area (Å²) in [5.74, 6) is 0.559. The maximum absolute atomic E-state index is 12.3. The van der Waals surface area contributed by atoms with E-state index in [1.807, 2.05) is 6.92 Å². The Labute approximate surface area is 128 Å². The molecule has 0 spiro atoms. The molecule has 0 aliphatic heterocycles. The number of nitrogens with one attached hydrogen (secondary N) is 1. The SMILES string of the molecule is COCCn1cnnc1[C@H](C)NS(=O)(=O)c1ccc(C)s1. The van der Waals surface area contributed by atoms with Crippen molar-refractivity contribution in [3.63, 3.8) is 0 Å². The van der Waals surface area contributed by atoms with Crippen molar-refractivity contribution in [2.24, 2.45) is 0 Å². The normalized spacial score (nSPS) is 13.5. The van der Waals surface area contributed by atoms with Crippen molar-refractivity contribution in [1.82, 2.24) is 19.5 Å². The lowest BCUT2D eigenvalue weighted by Gasteiger charge is -2.14. The van der Waals surface area contributed by atoms with Crippen molar-refractivity contribution >= 4 is 21.4 Å². The third kappa shape index (κ3) is 3.88. The van der Waals surface area contributed by atoms with Crippen LogP contribution in [0.25, 0.3) is 0 Å². The molecule has 0 unspecified atom stereocenters. The largest absolute Gasteiger partial charge is 0.383 e. The Balaban J connectivity index is 2.14. The molecule has 0 amide bonds. The van der Waals surface area contributed by atoms with E-state index in [1.165, 1.54) is 11.3 Å². The number of hydrogen-bond acceptors (Lipinski definition) is 6. The van der Waals surface area contributed by atoms with E-state index in [0.717, 1.165) is 4.88 Å². The van der Waals surface area contributed by atoms with Gasteiger partial charge in [-0.3, -0.25) is 0 Å². The Morgan fingerprint density at radius 1 is 1.48 bits per heavy atom. The fourth-order valence-corrected chi connectivity index (χ4v) is 4.36. The molecule has 2 aromatic heterocycles. The van der Waals surface area contributed by atoms with Crippen LogP contribution in [0.2, 0.25) is 0 Å². The number of nitrogens with zero attached hydrogens (tertiary/aromatic N) is 3. The highest BCUT2D eigenvalue weighted by molar-refractivity contribution is 7.91. The minimum Gasteiger partial charge on any atom is -0.383 e. The number of sulfonamides is 1. The zero-order valence-electron chi connectivity index (χ0n) is 12.1. The zero-order valence-corrected chi connectivity index (χ0v) is 13.7. The molecule has 0 radical (unpaired) electrons. The van der Waals surface area contributed by atoms with Crippen LogP contribution < -0.4 is 4.72 Å². The summed E-state index contributed by atoms with van der Waals surface area (Å²) in [4.78, 5) is 0.950. The first-order valence-corrected chi connectivity index (χ1v) is 8.69. The van der Waals surface area contributed by atoms with Crippen LogP contribution in [0.1, 0.15) is 23.7 Å². The van der Waals surface area contributed by atoms with E-state index in [0.29, 0.717) is 23.2 Å². The Kier molecular flexibility index (Phi) is 5.09. The molecular weight excluding hydrogens is 312 g/mol. The Hall–Kier alpha value is -1.29. The van der Waals surface area contributed by atoms with E-state index in [-0.39, 0.29) is 0 Å². The number of aromatic nitrogens is 3.